The number of hydrogen-bond acceptors (Lipinski definition) is 5. The smallest absolute Gasteiger partial charge is 0.308 e. The molecule has 0 radical (unpaired) electrons. The lowest BCUT2D eigenvalue weighted by atomic mass is 9.81. The van der Waals surface area contributed by atoms with Gasteiger partial charge in [-0.05, 0) is 56.4 Å². The Morgan fingerprint density at radius 1 is 1.00 bits per heavy atom. The quantitative estimate of drug-likeness (QED) is 0.317. The molecule has 0 N–H and O–H groups in total. The summed E-state index contributed by atoms with van der Waals surface area (Å²) in [5, 5.41) is 0. The van der Waals surface area contributed by atoms with Crippen LogP contribution in [0, 0.1) is 25.7 Å². The van der Waals surface area contributed by atoms with Crippen molar-refractivity contribution in [2.24, 2.45) is 11.8 Å². The summed E-state index contributed by atoms with van der Waals surface area (Å²) < 4.78 is 7.23. The fraction of sp³-hybridized carbons (Fsp3) is 0.500. The Balaban J connectivity index is 1.34. The molecule has 0 unspecified atom stereocenters. The van der Waals surface area contributed by atoms with Gasteiger partial charge in [-0.15, -0.1) is 0 Å². The molecular weight excluding hydrogens is 444 g/mol. The monoisotopic (exact) mass is 478 g/mol. The number of carbonyl (C=O) groups excluding carboxylic acids is 4. The van der Waals surface area contributed by atoms with Crippen molar-refractivity contribution in [3.63, 3.8) is 0 Å². The lowest BCUT2D eigenvalue weighted by Gasteiger charge is -2.19. The summed E-state index contributed by atoms with van der Waals surface area (Å²) in [5.74, 6) is -1.23. The van der Waals surface area contributed by atoms with Crippen LogP contribution in [0.25, 0.3) is 5.69 Å². The summed E-state index contributed by atoms with van der Waals surface area (Å²) in [4.78, 5) is 51.4. The normalized spacial score (nSPS) is 19.9. The molecule has 1 aromatic heterocycles. The first-order valence-electron chi connectivity index (χ1n) is 12.5. The van der Waals surface area contributed by atoms with E-state index in [1.165, 1.54) is 10.5 Å². The SMILES string of the molecule is Cc1cc(C(=O)COC(=O)CCN2C(=O)[C@@H]3CCCC[C@H]3C2=O)c(C)n1-c1ccc(C(C)C)cc1. The lowest BCUT2D eigenvalue weighted by molar-refractivity contribution is -0.145. The summed E-state index contributed by atoms with van der Waals surface area (Å²) in [6, 6.07) is 10.1. The van der Waals surface area contributed by atoms with Crippen LogP contribution < -0.4 is 0 Å². The van der Waals surface area contributed by atoms with Gasteiger partial charge in [-0.25, -0.2) is 0 Å². The zero-order chi connectivity index (χ0) is 25.3. The maximum atomic E-state index is 12.8. The molecular formula is C28H34N2O5. The van der Waals surface area contributed by atoms with E-state index in [-0.39, 0.29) is 49.0 Å². The Labute approximate surface area is 206 Å². The molecule has 2 aliphatic rings. The molecule has 186 valence electrons. The summed E-state index contributed by atoms with van der Waals surface area (Å²) in [5.41, 5.74) is 4.44. The van der Waals surface area contributed by atoms with Gasteiger partial charge in [0, 0.05) is 29.2 Å². The fourth-order valence-electron chi connectivity index (χ4n) is 5.40. The molecule has 1 saturated heterocycles. The van der Waals surface area contributed by atoms with E-state index in [0.717, 1.165) is 42.8 Å². The van der Waals surface area contributed by atoms with E-state index in [1.54, 1.807) is 0 Å². The van der Waals surface area contributed by atoms with Gasteiger partial charge in [0.1, 0.15) is 0 Å². The Hall–Kier alpha value is -3.22. The van der Waals surface area contributed by atoms with Crippen LogP contribution in [-0.2, 0) is 19.1 Å². The number of benzene rings is 1. The van der Waals surface area contributed by atoms with Crippen molar-refractivity contribution < 1.29 is 23.9 Å². The van der Waals surface area contributed by atoms with Crippen LogP contribution in [-0.4, -0.2) is 46.2 Å². The number of imide groups is 1. The van der Waals surface area contributed by atoms with E-state index in [9.17, 15) is 19.2 Å². The number of fused-ring (bicyclic) bond motifs is 1. The minimum absolute atomic E-state index is 0.0125. The van der Waals surface area contributed by atoms with Gasteiger partial charge in [0.05, 0.1) is 18.3 Å². The van der Waals surface area contributed by atoms with Crippen molar-refractivity contribution in [1.29, 1.82) is 0 Å². The predicted molar refractivity (Wildman–Crippen MR) is 131 cm³/mol. The number of aromatic nitrogens is 1. The van der Waals surface area contributed by atoms with Crippen LogP contribution in [0.1, 0.15) is 79.2 Å². The third-order valence-electron chi connectivity index (χ3n) is 7.39. The standard InChI is InChI=1S/C28H34N2O5/c1-17(2)20-9-11-21(12-10-20)30-18(3)15-24(19(30)4)25(31)16-35-26(32)13-14-29-27(33)22-7-5-6-8-23(22)28(29)34/h9-12,15,17,22-23H,5-8,13-14,16H2,1-4H3/t22-,23-/m1/s1. The van der Waals surface area contributed by atoms with E-state index in [0.29, 0.717) is 11.5 Å². The Morgan fingerprint density at radius 3 is 2.17 bits per heavy atom. The predicted octanol–water partition coefficient (Wildman–Crippen LogP) is 4.51. The minimum atomic E-state index is -0.591. The molecule has 7 heteroatoms. The van der Waals surface area contributed by atoms with Gasteiger partial charge in [0.15, 0.2) is 6.61 Å². The number of rotatable bonds is 8. The number of hydrogen-bond donors (Lipinski definition) is 0. The molecule has 4 rings (SSSR count). The molecule has 1 saturated carbocycles. The third-order valence-corrected chi connectivity index (χ3v) is 7.39. The molecule has 35 heavy (non-hydrogen) atoms. The van der Waals surface area contributed by atoms with E-state index < -0.39 is 5.97 Å². The summed E-state index contributed by atoms with van der Waals surface area (Å²) >= 11 is 0. The number of nitrogens with zero attached hydrogens (tertiary/aromatic N) is 2. The van der Waals surface area contributed by atoms with Crippen molar-refractivity contribution in [3.8, 4) is 5.69 Å². The fourth-order valence-corrected chi connectivity index (χ4v) is 5.40. The van der Waals surface area contributed by atoms with Crippen LogP contribution >= 0.6 is 0 Å². The van der Waals surface area contributed by atoms with E-state index >= 15 is 0 Å². The second kappa shape index (κ2) is 10.2. The minimum Gasteiger partial charge on any atom is -0.457 e. The molecule has 1 aliphatic heterocycles. The molecule has 7 nitrogen and oxygen atoms in total. The van der Waals surface area contributed by atoms with E-state index in [4.69, 9.17) is 4.74 Å². The van der Waals surface area contributed by atoms with Gasteiger partial charge < -0.3 is 9.30 Å². The van der Waals surface area contributed by atoms with Crippen LogP contribution in [0.5, 0.6) is 0 Å². The van der Waals surface area contributed by atoms with Crippen LogP contribution in [0.15, 0.2) is 30.3 Å². The average molecular weight is 479 g/mol. The number of esters is 1. The van der Waals surface area contributed by atoms with Crippen molar-refractivity contribution in [2.45, 2.75) is 65.7 Å². The van der Waals surface area contributed by atoms with Gasteiger partial charge in [-0.3, -0.25) is 24.1 Å². The van der Waals surface area contributed by atoms with Crippen molar-refractivity contribution in [1.82, 2.24) is 9.47 Å². The maximum Gasteiger partial charge on any atom is 0.308 e. The second-order valence-corrected chi connectivity index (χ2v) is 10.0. The van der Waals surface area contributed by atoms with Crippen molar-refractivity contribution in [3.05, 3.63) is 52.8 Å². The molecule has 0 bridgehead atoms. The number of likely N-dealkylation sites (tertiary alicyclic amines) is 1. The Bertz CT molecular complexity index is 1120. The van der Waals surface area contributed by atoms with Crippen molar-refractivity contribution >= 4 is 23.6 Å². The highest BCUT2D eigenvalue weighted by atomic mass is 16.5. The number of carbonyl (C=O) groups is 4. The Morgan fingerprint density at radius 2 is 1.60 bits per heavy atom. The highest BCUT2D eigenvalue weighted by molar-refractivity contribution is 6.05. The first kappa shape index (κ1) is 24.9. The van der Waals surface area contributed by atoms with Gasteiger partial charge in [0.25, 0.3) is 0 Å². The van der Waals surface area contributed by atoms with Crippen LogP contribution in [0.2, 0.25) is 0 Å². The molecule has 2 aromatic rings. The van der Waals surface area contributed by atoms with Crippen molar-refractivity contribution in [2.75, 3.05) is 13.2 Å². The topological polar surface area (TPSA) is 85.7 Å². The number of amides is 2. The Kier molecular flexibility index (Phi) is 7.24. The number of ether oxygens (including phenoxy) is 1. The molecule has 2 fully saturated rings. The third kappa shape index (κ3) is 4.95. The zero-order valence-electron chi connectivity index (χ0n) is 21.0. The summed E-state index contributed by atoms with van der Waals surface area (Å²) in [7, 11) is 0. The zero-order valence-corrected chi connectivity index (χ0v) is 21.0. The molecule has 1 aliphatic carbocycles. The van der Waals surface area contributed by atoms with Gasteiger partial charge >= 0.3 is 5.97 Å². The van der Waals surface area contributed by atoms with Gasteiger partial charge in [-0.1, -0.05) is 38.8 Å². The second-order valence-electron chi connectivity index (χ2n) is 10.0. The molecule has 2 heterocycles. The van der Waals surface area contributed by atoms with Gasteiger partial charge in [-0.2, -0.15) is 0 Å². The first-order chi connectivity index (χ1) is 16.7. The summed E-state index contributed by atoms with van der Waals surface area (Å²) in [6.45, 7) is 7.75. The summed E-state index contributed by atoms with van der Waals surface area (Å²) in [6.07, 6.45) is 3.30. The molecule has 1 aromatic carbocycles. The molecule has 2 amide bonds. The highest BCUT2D eigenvalue weighted by Gasteiger charge is 2.47. The number of ketones is 1. The van der Waals surface area contributed by atoms with Crippen LogP contribution in [0.4, 0.5) is 0 Å². The van der Waals surface area contributed by atoms with Gasteiger partial charge in [0.2, 0.25) is 17.6 Å². The lowest BCUT2D eigenvalue weighted by Crippen LogP contribution is -2.33. The van der Waals surface area contributed by atoms with E-state index in [1.807, 2.05) is 36.6 Å². The van der Waals surface area contributed by atoms with Crippen LogP contribution in [0.3, 0.4) is 0 Å². The average Bonchev–Trinajstić information content (AvgIpc) is 3.28. The largest absolute Gasteiger partial charge is 0.457 e. The number of aryl methyl sites for hydroxylation is 1. The highest BCUT2D eigenvalue weighted by Crippen LogP contribution is 2.38. The van der Waals surface area contributed by atoms with E-state index in [2.05, 4.69) is 26.0 Å². The molecule has 2 atom stereocenters. The maximum absolute atomic E-state index is 12.8. The first-order valence-corrected chi connectivity index (χ1v) is 12.5. The number of Topliss-reactive ketones (excluding diaryl/α,β-unsaturated/α-hetero) is 1. The molecule has 0 spiro atoms.